The molecule has 0 saturated carbocycles. The summed E-state index contributed by atoms with van der Waals surface area (Å²) >= 11 is 1.93. The van der Waals surface area contributed by atoms with Crippen molar-refractivity contribution in [3.8, 4) is 0 Å². The Morgan fingerprint density at radius 2 is 2.46 bits per heavy atom. The van der Waals surface area contributed by atoms with E-state index in [2.05, 4.69) is 11.5 Å². The molecule has 0 aromatic heterocycles. The van der Waals surface area contributed by atoms with Gasteiger partial charge in [-0.15, -0.1) is 11.8 Å². The fraction of sp³-hybridized carbons (Fsp3) is 0.889. The van der Waals surface area contributed by atoms with Crippen molar-refractivity contribution in [2.45, 2.75) is 31.0 Å². The summed E-state index contributed by atoms with van der Waals surface area (Å²) in [5.74, 6) is 1.18. The molecule has 0 aliphatic carbocycles. The minimum Gasteiger partial charge on any atom is -0.373 e. The second kappa shape index (κ2) is 4.15. The lowest BCUT2D eigenvalue weighted by Gasteiger charge is -2.36. The van der Waals surface area contributed by atoms with Crippen LogP contribution >= 0.6 is 11.8 Å². The Balaban J connectivity index is 2.12. The molecule has 0 amide bonds. The zero-order chi connectivity index (χ0) is 9.15. The van der Waals surface area contributed by atoms with Gasteiger partial charge in [0.25, 0.3) is 0 Å². The fourth-order valence-corrected chi connectivity index (χ4v) is 5.15. The fourth-order valence-electron chi connectivity index (χ4n) is 2.06. The maximum Gasteiger partial charge on any atom is 0.0975 e. The van der Waals surface area contributed by atoms with E-state index in [0.29, 0.717) is 0 Å². The van der Waals surface area contributed by atoms with Gasteiger partial charge in [0, 0.05) is 18.9 Å². The van der Waals surface area contributed by atoms with Crippen LogP contribution in [0.3, 0.4) is 0 Å². The first kappa shape index (κ1) is 9.74. The molecular formula is C9H17NOSSi. The second-order valence-corrected chi connectivity index (χ2v) is 6.62. The van der Waals surface area contributed by atoms with Crippen LogP contribution in [0.4, 0.5) is 0 Å². The van der Waals surface area contributed by atoms with E-state index in [-0.39, 0.29) is 14.7 Å². The molecule has 0 radical (unpaired) electrons. The first-order valence-corrected chi connectivity index (χ1v) is 8.30. The first-order chi connectivity index (χ1) is 6.37. The van der Waals surface area contributed by atoms with Gasteiger partial charge in [-0.25, -0.2) is 0 Å². The van der Waals surface area contributed by atoms with E-state index in [1.807, 2.05) is 11.8 Å². The predicted molar refractivity (Wildman–Crippen MR) is 61.7 cm³/mol. The first-order valence-electron chi connectivity index (χ1n) is 5.19. The molecule has 0 spiro atoms. The van der Waals surface area contributed by atoms with Crippen LogP contribution < -0.4 is 0 Å². The van der Waals surface area contributed by atoms with Crippen molar-refractivity contribution in [3.63, 3.8) is 0 Å². The number of thioether (sulfide) groups is 1. The quantitative estimate of drug-likeness (QED) is 0.647. The molecule has 2 nitrogen and oxygen atoms in total. The molecule has 0 bridgehead atoms. The number of ether oxygens (including phenoxy) is 1. The summed E-state index contributed by atoms with van der Waals surface area (Å²) in [7, 11) is -0.142. The Kier molecular flexibility index (Phi) is 3.11. The number of nitrogens with zero attached hydrogens (tertiary/aromatic N) is 1. The average Bonchev–Trinajstić information content (AvgIpc) is 2.72. The van der Waals surface area contributed by atoms with E-state index in [4.69, 9.17) is 4.74 Å². The largest absolute Gasteiger partial charge is 0.373 e. The number of aliphatic imine (C=N–C) groups is 1. The lowest BCUT2D eigenvalue weighted by molar-refractivity contribution is 0.0284. The number of hydrogen-bond acceptors (Lipinski definition) is 3. The zero-order valence-electron chi connectivity index (χ0n) is 8.21. The standard InChI is InChI=1S/C9H17NOSSi/c1-13-9(4-2-3-6-11-9)8-10-5-7-12-8/h2-7,13H2,1H3. The van der Waals surface area contributed by atoms with Crippen LogP contribution in [0.5, 0.6) is 0 Å². The van der Waals surface area contributed by atoms with Crippen LogP contribution in [0.25, 0.3) is 0 Å². The van der Waals surface area contributed by atoms with Crippen LogP contribution in [-0.4, -0.2) is 38.7 Å². The van der Waals surface area contributed by atoms with E-state index < -0.39 is 0 Å². The van der Waals surface area contributed by atoms with E-state index in [1.165, 1.54) is 30.1 Å². The van der Waals surface area contributed by atoms with Gasteiger partial charge >= 0.3 is 0 Å². The van der Waals surface area contributed by atoms with Gasteiger partial charge < -0.3 is 4.74 Å². The molecule has 74 valence electrons. The summed E-state index contributed by atoms with van der Waals surface area (Å²) in [6.07, 6.45) is 3.82. The highest BCUT2D eigenvalue weighted by Gasteiger charge is 2.38. The van der Waals surface area contributed by atoms with Crippen LogP contribution in [-0.2, 0) is 4.74 Å². The van der Waals surface area contributed by atoms with Crippen molar-refractivity contribution in [1.29, 1.82) is 0 Å². The molecule has 2 rings (SSSR count). The molecular weight excluding hydrogens is 198 g/mol. The molecule has 2 heterocycles. The van der Waals surface area contributed by atoms with E-state index in [1.54, 1.807) is 0 Å². The van der Waals surface area contributed by atoms with Crippen LogP contribution in [0.1, 0.15) is 19.3 Å². The minimum absolute atomic E-state index is 0.142. The average molecular weight is 215 g/mol. The normalized spacial score (nSPS) is 35.6. The van der Waals surface area contributed by atoms with Gasteiger partial charge in [0.2, 0.25) is 0 Å². The minimum atomic E-state index is -0.142. The Hall–Kier alpha value is 0.197. The Morgan fingerprint density at radius 3 is 3.00 bits per heavy atom. The zero-order valence-corrected chi connectivity index (χ0v) is 10.4. The van der Waals surface area contributed by atoms with Crippen molar-refractivity contribution in [1.82, 2.24) is 0 Å². The highest BCUT2D eigenvalue weighted by Crippen LogP contribution is 2.32. The van der Waals surface area contributed by atoms with Gasteiger partial charge in [-0.2, -0.15) is 0 Å². The van der Waals surface area contributed by atoms with Crippen molar-refractivity contribution in [2.75, 3.05) is 18.9 Å². The monoisotopic (exact) mass is 215 g/mol. The van der Waals surface area contributed by atoms with Crippen LogP contribution in [0.15, 0.2) is 4.99 Å². The molecule has 0 N–H and O–H groups in total. The Labute approximate surface area is 86.4 Å². The van der Waals surface area contributed by atoms with Gasteiger partial charge in [0.15, 0.2) is 0 Å². The highest BCUT2D eigenvalue weighted by atomic mass is 32.2. The molecule has 1 saturated heterocycles. The molecule has 0 aromatic rings. The van der Waals surface area contributed by atoms with E-state index >= 15 is 0 Å². The van der Waals surface area contributed by atoms with Gasteiger partial charge in [0.1, 0.15) is 0 Å². The summed E-state index contributed by atoms with van der Waals surface area (Å²) in [5, 5.41) is 1.49. The number of rotatable bonds is 2. The van der Waals surface area contributed by atoms with Gasteiger partial charge in [-0.3, -0.25) is 4.99 Å². The third kappa shape index (κ3) is 1.85. The van der Waals surface area contributed by atoms with E-state index in [9.17, 15) is 0 Å². The lowest BCUT2D eigenvalue weighted by Crippen LogP contribution is -2.46. The van der Waals surface area contributed by atoms with Crippen molar-refractivity contribution >= 4 is 26.3 Å². The summed E-state index contributed by atoms with van der Waals surface area (Å²) < 4.78 is 6.01. The van der Waals surface area contributed by atoms with E-state index in [0.717, 1.165) is 13.2 Å². The maximum absolute atomic E-state index is 6.01. The Bertz CT molecular complexity index is 214. The molecule has 1 atom stereocenters. The van der Waals surface area contributed by atoms with Gasteiger partial charge in [-0.1, -0.05) is 6.55 Å². The molecule has 1 unspecified atom stereocenters. The molecule has 1 fully saturated rings. The summed E-state index contributed by atoms with van der Waals surface area (Å²) in [5.41, 5.74) is 0. The smallest absolute Gasteiger partial charge is 0.0975 e. The predicted octanol–water partition coefficient (Wildman–Crippen LogP) is 1.25. The molecule has 2 aliphatic rings. The second-order valence-electron chi connectivity index (χ2n) is 3.69. The summed E-state index contributed by atoms with van der Waals surface area (Å²) in [6.45, 7) is 4.33. The Morgan fingerprint density at radius 1 is 1.54 bits per heavy atom. The molecule has 2 aliphatic heterocycles. The van der Waals surface area contributed by atoms with Gasteiger partial charge in [0.05, 0.1) is 19.8 Å². The summed E-state index contributed by atoms with van der Waals surface area (Å²) in [4.78, 5) is 4.59. The highest BCUT2D eigenvalue weighted by molar-refractivity contribution is 8.14. The molecule has 0 aromatic carbocycles. The van der Waals surface area contributed by atoms with Crippen molar-refractivity contribution in [2.24, 2.45) is 4.99 Å². The van der Waals surface area contributed by atoms with Crippen LogP contribution in [0, 0.1) is 0 Å². The van der Waals surface area contributed by atoms with Crippen molar-refractivity contribution < 1.29 is 4.74 Å². The SMILES string of the molecule is C[SiH2]C1(C2=NCCS2)CCCCO1. The van der Waals surface area contributed by atoms with Gasteiger partial charge in [-0.05, 0) is 19.3 Å². The van der Waals surface area contributed by atoms with Crippen molar-refractivity contribution in [3.05, 3.63) is 0 Å². The topological polar surface area (TPSA) is 21.6 Å². The summed E-state index contributed by atoms with van der Waals surface area (Å²) in [6, 6.07) is 0. The molecule has 4 heteroatoms. The van der Waals surface area contributed by atoms with Crippen LogP contribution in [0.2, 0.25) is 6.55 Å². The maximum atomic E-state index is 6.01. The third-order valence-corrected chi connectivity index (χ3v) is 6.35. The molecule has 13 heavy (non-hydrogen) atoms. The third-order valence-electron chi connectivity index (χ3n) is 2.90. The number of hydrogen-bond donors (Lipinski definition) is 0. The lowest BCUT2D eigenvalue weighted by atomic mass is 10.1.